The smallest absolute Gasteiger partial charge is 0.182 e. The number of aromatic nitrogens is 1. The van der Waals surface area contributed by atoms with Crippen molar-refractivity contribution in [1.82, 2.24) is 19.8 Å². The Morgan fingerprint density at radius 2 is 2.12 bits per heavy atom. The Morgan fingerprint density at radius 1 is 1.38 bits per heavy atom. The topological polar surface area (TPSA) is 60.7 Å². The second-order valence-corrected chi connectivity index (χ2v) is 8.98. The lowest BCUT2D eigenvalue weighted by atomic mass is 10.1. The fraction of sp³-hybridized carbons (Fsp3) is 0.737. The summed E-state index contributed by atoms with van der Waals surface area (Å²) in [6, 6.07) is 0.416. The summed E-state index contributed by atoms with van der Waals surface area (Å²) in [5, 5.41) is 8.64. The Kier molecular flexibility index (Phi) is 6.55. The molecule has 0 saturated carbocycles. The minimum Gasteiger partial charge on any atom is -0.373 e. The van der Waals surface area contributed by atoms with E-state index in [1.165, 1.54) is 5.70 Å². The van der Waals surface area contributed by atoms with Crippen LogP contribution in [0.1, 0.15) is 32.9 Å². The Labute approximate surface area is 162 Å². The number of rotatable bonds is 7. The largest absolute Gasteiger partial charge is 0.373 e. The van der Waals surface area contributed by atoms with Gasteiger partial charge >= 0.3 is 0 Å². The van der Waals surface area contributed by atoms with Gasteiger partial charge < -0.3 is 10.2 Å². The highest BCUT2D eigenvalue weighted by Gasteiger charge is 2.27. The van der Waals surface area contributed by atoms with Crippen LogP contribution in [-0.2, 0) is 6.54 Å². The molecule has 146 valence electrons. The molecule has 2 atom stereocenters. The second kappa shape index (κ2) is 8.69. The number of nitrogens with two attached hydrogens (primary N) is 1. The normalized spacial score (nSPS) is 25.2. The molecule has 1 aromatic rings. The molecule has 3 N–H and O–H groups in total. The van der Waals surface area contributed by atoms with Gasteiger partial charge in [0, 0.05) is 62.9 Å². The Hall–Kier alpha value is -1.15. The first-order chi connectivity index (χ1) is 12.4. The van der Waals surface area contributed by atoms with Crippen molar-refractivity contribution in [3.63, 3.8) is 0 Å². The standard InChI is InChI=1S/C19H34N6S/c1-14(2)16(4)24-7-5-23(6-8-24)12-17-13-26-19(22-17)21-10-18-9-15(3)11-25(18)20/h13-15,18H,4-12,20H2,1-3H3,(H,21,22). The van der Waals surface area contributed by atoms with Crippen LogP contribution >= 0.6 is 11.3 Å². The number of nitrogens with one attached hydrogen (secondary N) is 1. The molecule has 0 spiro atoms. The van der Waals surface area contributed by atoms with E-state index in [2.05, 4.69) is 47.8 Å². The second-order valence-electron chi connectivity index (χ2n) is 8.13. The van der Waals surface area contributed by atoms with Crippen molar-refractivity contribution in [2.45, 2.75) is 39.8 Å². The highest BCUT2D eigenvalue weighted by molar-refractivity contribution is 7.13. The number of piperazine rings is 1. The van der Waals surface area contributed by atoms with E-state index in [1.54, 1.807) is 11.3 Å². The molecule has 6 nitrogen and oxygen atoms in total. The molecule has 0 aliphatic carbocycles. The van der Waals surface area contributed by atoms with Gasteiger partial charge in [0.05, 0.1) is 5.69 Å². The van der Waals surface area contributed by atoms with Crippen molar-refractivity contribution in [3.8, 4) is 0 Å². The number of thiazole rings is 1. The first-order valence-corrected chi connectivity index (χ1v) is 10.7. The molecule has 0 radical (unpaired) electrons. The molecule has 2 saturated heterocycles. The van der Waals surface area contributed by atoms with E-state index in [0.29, 0.717) is 17.9 Å². The molecule has 7 heteroatoms. The summed E-state index contributed by atoms with van der Waals surface area (Å²) in [5.41, 5.74) is 2.43. The van der Waals surface area contributed by atoms with Crippen LogP contribution in [0, 0.1) is 11.8 Å². The summed E-state index contributed by atoms with van der Waals surface area (Å²) in [7, 11) is 0. The predicted octanol–water partition coefficient (Wildman–Crippen LogP) is 2.43. The third kappa shape index (κ3) is 4.97. The zero-order valence-corrected chi connectivity index (χ0v) is 17.3. The average Bonchev–Trinajstić information content (AvgIpc) is 3.18. The van der Waals surface area contributed by atoms with Gasteiger partial charge in [0.1, 0.15) is 0 Å². The zero-order valence-electron chi connectivity index (χ0n) is 16.4. The Morgan fingerprint density at radius 3 is 2.73 bits per heavy atom. The third-order valence-electron chi connectivity index (χ3n) is 5.54. The number of anilines is 1. The summed E-state index contributed by atoms with van der Waals surface area (Å²) >= 11 is 1.70. The third-order valence-corrected chi connectivity index (χ3v) is 6.39. The van der Waals surface area contributed by atoms with Gasteiger partial charge in [0.25, 0.3) is 0 Å². The van der Waals surface area contributed by atoms with Crippen LogP contribution in [0.4, 0.5) is 5.13 Å². The fourth-order valence-electron chi connectivity index (χ4n) is 3.84. The number of hydrogen-bond acceptors (Lipinski definition) is 7. The first-order valence-electron chi connectivity index (χ1n) is 9.78. The van der Waals surface area contributed by atoms with Crippen LogP contribution in [0.2, 0.25) is 0 Å². The molecule has 0 aromatic carbocycles. The lowest BCUT2D eigenvalue weighted by Gasteiger charge is -2.37. The van der Waals surface area contributed by atoms with Crippen LogP contribution in [0.5, 0.6) is 0 Å². The quantitative estimate of drug-likeness (QED) is 0.711. The van der Waals surface area contributed by atoms with Crippen LogP contribution in [-0.4, -0.2) is 65.1 Å². The zero-order chi connectivity index (χ0) is 18.7. The lowest BCUT2D eigenvalue weighted by molar-refractivity contribution is 0.144. The van der Waals surface area contributed by atoms with Gasteiger partial charge in [-0.3, -0.25) is 10.7 Å². The molecule has 2 unspecified atom stereocenters. The fourth-order valence-corrected chi connectivity index (χ4v) is 4.55. The van der Waals surface area contributed by atoms with E-state index in [0.717, 1.165) is 63.1 Å². The van der Waals surface area contributed by atoms with Crippen LogP contribution in [0.25, 0.3) is 0 Å². The molecule has 0 amide bonds. The maximum atomic E-state index is 6.07. The van der Waals surface area contributed by atoms with E-state index < -0.39 is 0 Å². The molecule has 2 fully saturated rings. The Bertz CT molecular complexity index is 593. The SMILES string of the molecule is C=C(C(C)C)N1CCN(Cc2csc(NCC3CC(C)CN3N)n2)CC1. The molecule has 0 bridgehead atoms. The lowest BCUT2D eigenvalue weighted by Crippen LogP contribution is -2.45. The number of hydrazine groups is 1. The van der Waals surface area contributed by atoms with Crippen molar-refractivity contribution in [3.05, 3.63) is 23.3 Å². The highest BCUT2D eigenvalue weighted by atomic mass is 32.1. The molecule has 2 aliphatic rings. The van der Waals surface area contributed by atoms with E-state index in [-0.39, 0.29) is 0 Å². The number of nitrogens with zero attached hydrogens (tertiary/aromatic N) is 4. The van der Waals surface area contributed by atoms with E-state index >= 15 is 0 Å². The molecular formula is C19H34N6S. The molecule has 3 rings (SSSR count). The highest BCUT2D eigenvalue weighted by Crippen LogP contribution is 2.22. The molecule has 26 heavy (non-hydrogen) atoms. The monoisotopic (exact) mass is 378 g/mol. The van der Waals surface area contributed by atoms with Crippen LogP contribution in [0.15, 0.2) is 17.7 Å². The summed E-state index contributed by atoms with van der Waals surface area (Å²) in [4.78, 5) is 9.68. The summed E-state index contributed by atoms with van der Waals surface area (Å²) in [6.45, 7) is 18.0. The van der Waals surface area contributed by atoms with Gasteiger partial charge in [-0.2, -0.15) is 0 Å². The van der Waals surface area contributed by atoms with Crippen molar-refractivity contribution in [2.24, 2.45) is 17.7 Å². The molecule has 3 heterocycles. The minimum atomic E-state index is 0.416. The van der Waals surface area contributed by atoms with Crippen LogP contribution < -0.4 is 11.2 Å². The van der Waals surface area contributed by atoms with Gasteiger partial charge in [-0.05, 0) is 18.3 Å². The van der Waals surface area contributed by atoms with E-state index in [9.17, 15) is 0 Å². The maximum absolute atomic E-state index is 6.07. The summed E-state index contributed by atoms with van der Waals surface area (Å²) < 4.78 is 0. The van der Waals surface area contributed by atoms with Crippen LogP contribution in [0.3, 0.4) is 0 Å². The molecular weight excluding hydrogens is 344 g/mol. The van der Waals surface area contributed by atoms with Gasteiger partial charge in [-0.15, -0.1) is 11.3 Å². The van der Waals surface area contributed by atoms with Crippen molar-refractivity contribution < 1.29 is 0 Å². The summed E-state index contributed by atoms with van der Waals surface area (Å²) in [6.07, 6.45) is 1.16. The summed E-state index contributed by atoms with van der Waals surface area (Å²) in [5.74, 6) is 7.29. The molecule has 1 aromatic heterocycles. The number of allylic oxidation sites excluding steroid dienone is 1. The first kappa shape index (κ1) is 19.6. The van der Waals surface area contributed by atoms with Gasteiger partial charge in [0.2, 0.25) is 0 Å². The predicted molar refractivity (Wildman–Crippen MR) is 110 cm³/mol. The van der Waals surface area contributed by atoms with Crippen molar-refractivity contribution in [2.75, 3.05) is 44.6 Å². The van der Waals surface area contributed by atoms with E-state index in [1.807, 2.05) is 5.01 Å². The maximum Gasteiger partial charge on any atom is 0.182 e. The Balaban J connectivity index is 1.42. The van der Waals surface area contributed by atoms with Gasteiger partial charge in [-0.25, -0.2) is 9.99 Å². The van der Waals surface area contributed by atoms with Gasteiger partial charge in [0.15, 0.2) is 5.13 Å². The van der Waals surface area contributed by atoms with E-state index in [4.69, 9.17) is 10.8 Å². The minimum absolute atomic E-state index is 0.416. The average molecular weight is 379 g/mol. The molecule has 2 aliphatic heterocycles. The number of hydrogen-bond donors (Lipinski definition) is 2. The van der Waals surface area contributed by atoms with Crippen molar-refractivity contribution >= 4 is 16.5 Å². The van der Waals surface area contributed by atoms with Crippen molar-refractivity contribution in [1.29, 1.82) is 0 Å². The van der Waals surface area contributed by atoms with Gasteiger partial charge in [-0.1, -0.05) is 27.4 Å².